The molecule has 0 aliphatic rings. The molecule has 0 unspecified atom stereocenters. The normalized spacial score (nSPS) is 11.9. The van der Waals surface area contributed by atoms with Gasteiger partial charge < -0.3 is 11.1 Å². The summed E-state index contributed by atoms with van der Waals surface area (Å²) < 4.78 is 0. The second-order valence-electron chi connectivity index (χ2n) is 4.75. The van der Waals surface area contributed by atoms with Crippen LogP contribution in [0.3, 0.4) is 0 Å². The van der Waals surface area contributed by atoms with E-state index in [0.29, 0.717) is 17.1 Å². The van der Waals surface area contributed by atoms with Crippen LogP contribution in [-0.2, 0) is 11.2 Å². The highest BCUT2D eigenvalue weighted by Gasteiger charge is 2.14. The molecule has 3 nitrogen and oxygen atoms in total. The smallest absolute Gasteiger partial charge is 0.241 e. The minimum Gasteiger partial charge on any atom is -0.325 e. The van der Waals surface area contributed by atoms with Crippen molar-refractivity contribution in [1.29, 1.82) is 0 Å². The highest BCUT2D eigenvalue weighted by molar-refractivity contribution is 6.31. The second-order valence-corrected chi connectivity index (χ2v) is 5.16. The van der Waals surface area contributed by atoms with Gasteiger partial charge in [-0.25, -0.2) is 0 Å². The summed E-state index contributed by atoms with van der Waals surface area (Å²) in [5.74, 6) is -0.214. The molecular weight excluding hydrogens is 272 g/mol. The zero-order valence-corrected chi connectivity index (χ0v) is 12.0. The molecule has 4 heteroatoms. The maximum absolute atomic E-state index is 12.0. The topological polar surface area (TPSA) is 55.1 Å². The molecule has 2 aromatic rings. The number of carbonyl (C=O) groups is 1. The van der Waals surface area contributed by atoms with Gasteiger partial charge in [-0.15, -0.1) is 0 Å². The Morgan fingerprint density at radius 3 is 2.60 bits per heavy atom. The molecule has 2 rings (SSSR count). The monoisotopic (exact) mass is 288 g/mol. The molecule has 2 aromatic carbocycles. The number of anilines is 1. The number of benzene rings is 2. The zero-order chi connectivity index (χ0) is 14.5. The molecule has 104 valence electrons. The number of amides is 1. The standard InChI is InChI=1S/C16H17ClN2O/c1-11-7-8-13(10-14(11)17)19-16(20)15(18)9-12-5-3-2-4-6-12/h2-8,10,15H,9,18H2,1H3,(H,19,20)/t15-/m1/s1. The van der Waals surface area contributed by atoms with Crippen molar-refractivity contribution in [3.05, 3.63) is 64.7 Å². The lowest BCUT2D eigenvalue weighted by atomic mass is 10.1. The fourth-order valence-corrected chi connectivity index (χ4v) is 2.05. The number of carbonyl (C=O) groups excluding carboxylic acids is 1. The minimum atomic E-state index is -0.586. The maximum atomic E-state index is 12.0. The molecule has 0 bridgehead atoms. The predicted molar refractivity (Wildman–Crippen MR) is 82.9 cm³/mol. The average Bonchev–Trinajstić information content (AvgIpc) is 2.44. The van der Waals surface area contributed by atoms with E-state index in [1.54, 1.807) is 6.07 Å². The molecule has 0 aromatic heterocycles. The van der Waals surface area contributed by atoms with Crippen molar-refractivity contribution in [1.82, 2.24) is 0 Å². The number of aryl methyl sites for hydroxylation is 1. The van der Waals surface area contributed by atoms with Gasteiger partial charge in [-0.2, -0.15) is 0 Å². The summed E-state index contributed by atoms with van der Waals surface area (Å²) in [6.45, 7) is 1.91. The molecule has 0 spiro atoms. The Bertz CT molecular complexity index is 599. The molecule has 0 heterocycles. The Kier molecular flexibility index (Phi) is 4.77. The van der Waals surface area contributed by atoms with E-state index in [1.807, 2.05) is 49.4 Å². The van der Waals surface area contributed by atoms with Crippen LogP contribution in [0.2, 0.25) is 5.02 Å². The fraction of sp³-hybridized carbons (Fsp3) is 0.188. The van der Waals surface area contributed by atoms with E-state index in [1.165, 1.54) is 0 Å². The van der Waals surface area contributed by atoms with Gasteiger partial charge in [0.1, 0.15) is 0 Å². The first-order chi connectivity index (χ1) is 9.56. The fourth-order valence-electron chi connectivity index (χ4n) is 1.87. The van der Waals surface area contributed by atoms with Crippen LogP contribution in [0.1, 0.15) is 11.1 Å². The number of hydrogen-bond donors (Lipinski definition) is 2. The van der Waals surface area contributed by atoms with Crippen LogP contribution in [0.25, 0.3) is 0 Å². The van der Waals surface area contributed by atoms with Crippen molar-refractivity contribution >= 4 is 23.2 Å². The van der Waals surface area contributed by atoms with Crippen molar-refractivity contribution in [2.45, 2.75) is 19.4 Å². The maximum Gasteiger partial charge on any atom is 0.241 e. The van der Waals surface area contributed by atoms with E-state index in [4.69, 9.17) is 17.3 Å². The molecule has 0 aliphatic heterocycles. The first-order valence-electron chi connectivity index (χ1n) is 6.43. The third-order valence-corrected chi connectivity index (χ3v) is 3.48. The summed E-state index contributed by atoms with van der Waals surface area (Å²) >= 11 is 6.02. The van der Waals surface area contributed by atoms with E-state index in [2.05, 4.69) is 5.32 Å². The predicted octanol–water partition coefficient (Wildman–Crippen LogP) is 3.16. The lowest BCUT2D eigenvalue weighted by molar-refractivity contribution is -0.117. The molecule has 1 amide bonds. The minimum absolute atomic E-state index is 0.214. The van der Waals surface area contributed by atoms with Crippen molar-refractivity contribution in [2.24, 2.45) is 5.73 Å². The Hall–Kier alpha value is -1.84. The molecule has 20 heavy (non-hydrogen) atoms. The summed E-state index contributed by atoms with van der Waals surface area (Å²) in [6, 6.07) is 14.5. The molecule has 1 atom stereocenters. The SMILES string of the molecule is Cc1ccc(NC(=O)[C@H](N)Cc2ccccc2)cc1Cl. The average molecular weight is 289 g/mol. The molecular formula is C16H17ClN2O. The Morgan fingerprint density at radius 1 is 1.25 bits per heavy atom. The highest BCUT2D eigenvalue weighted by atomic mass is 35.5. The van der Waals surface area contributed by atoms with Gasteiger partial charge in [-0.05, 0) is 36.6 Å². The van der Waals surface area contributed by atoms with Gasteiger partial charge in [0.15, 0.2) is 0 Å². The van der Waals surface area contributed by atoms with Crippen LogP contribution in [-0.4, -0.2) is 11.9 Å². The van der Waals surface area contributed by atoms with Crippen molar-refractivity contribution in [2.75, 3.05) is 5.32 Å². The third-order valence-electron chi connectivity index (χ3n) is 3.07. The number of halogens is 1. The summed E-state index contributed by atoms with van der Waals surface area (Å²) in [5.41, 5.74) is 8.59. The van der Waals surface area contributed by atoms with E-state index < -0.39 is 6.04 Å². The lowest BCUT2D eigenvalue weighted by Crippen LogP contribution is -2.37. The Labute approximate surface area is 123 Å². The van der Waals surface area contributed by atoms with E-state index in [0.717, 1.165) is 11.1 Å². The molecule has 0 aliphatic carbocycles. The lowest BCUT2D eigenvalue weighted by Gasteiger charge is -2.13. The van der Waals surface area contributed by atoms with Gasteiger partial charge >= 0.3 is 0 Å². The first-order valence-corrected chi connectivity index (χ1v) is 6.80. The summed E-state index contributed by atoms with van der Waals surface area (Å²) in [7, 11) is 0. The van der Waals surface area contributed by atoms with Crippen LogP contribution in [0.5, 0.6) is 0 Å². The largest absolute Gasteiger partial charge is 0.325 e. The van der Waals surface area contributed by atoms with Crippen LogP contribution in [0.15, 0.2) is 48.5 Å². The van der Waals surface area contributed by atoms with Gasteiger partial charge in [0.25, 0.3) is 0 Å². The zero-order valence-electron chi connectivity index (χ0n) is 11.3. The number of nitrogens with two attached hydrogens (primary N) is 1. The van der Waals surface area contributed by atoms with E-state index in [-0.39, 0.29) is 5.91 Å². The van der Waals surface area contributed by atoms with Crippen LogP contribution in [0.4, 0.5) is 5.69 Å². The first kappa shape index (κ1) is 14.6. The van der Waals surface area contributed by atoms with Crippen molar-refractivity contribution in [3.63, 3.8) is 0 Å². The Morgan fingerprint density at radius 2 is 1.95 bits per heavy atom. The summed E-state index contributed by atoms with van der Waals surface area (Å²) in [5, 5.41) is 3.41. The summed E-state index contributed by atoms with van der Waals surface area (Å²) in [4.78, 5) is 12.0. The molecule has 0 saturated heterocycles. The van der Waals surface area contributed by atoms with Crippen molar-refractivity contribution in [3.8, 4) is 0 Å². The van der Waals surface area contributed by atoms with Gasteiger partial charge in [0, 0.05) is 10.7 Å². The molecule has 0 radical (unpaired) electrons. The number of rotatable bonds is 4. The second kappa shape index (κ2) is 6.55. The molecule has 0 saturated carbocycles. The number of hydrogen-bond acceptors (Lipinski definition) is 2. The quantitative estimate of drug-likeness (QED) is 0.908. The van der Waals surface area contributed by atoms with E-state index >= 15 is 0 Å². The third kappa shape index (κ3) is 3.83. The van der Waals surface area contributed by atoms with Gasteiger partial charge in [0.2, 0.25) is 5.91 Å². The van der Waals surface area contributed by atoms with Crippen LogP contribution >= 0.6 is 11.6 Å². The molecule has 3 N–H and O–H groups in total. The van der Waals surface area contributed by atoms with Crippen LogP contribution < -0.4 is 11.1 Å². The Balaban J connectivity index is 1.99. The van der Waals surface area contributed by atoms with Crippen LogP contribution in [0, 0.1) is 6.92 Å². The van der Waals surface area contributed by atoms with Gasteiger partial charge in [-0.1, -0.05) is 48.0 Å². The number of nitrogens with one attached hydrogen (secondary N) is 1. The van der Waals surface area contributed by atoms with Gasteiger partial charge in [0.05, 0.1) is 6.04 Å². The van der Waals surface area contributed by atoms with Crippen molar-refractivity contribution < 1.29 is 4.79 Å². The van der Waals surface area contributed by atoms with E-state index in [9.17, 15) is 4.79 Å². The van der Waals surface area contributed by atoms with Gasteiger partial charge in [-0.3, -0.25) is 4.79 Å². The highest BCUT2D eigenvalue weighted by Crippen LogP contribution is 2.20. The summed E-state index contributed by atoms with van der Waals surface area (Å²) in [6.07, 6.45) is 0.506. The molecule has 0 fully saturated rings.